The molecule has 2 aromatic rings. The fourth-order valence-electron chi connectivity index (χ4n) is 3.86. The van der Waals surface area contributed by atoms with E-state index in [1.54, 1.807) is 4.90 Å². The Balaban J connectivity index is 1.99. The third-order valence-corrected chi connectivity index (χ3v) is 5.38. The van der Waals surface area contributed by atoms with Gasteiger partial charge in [0, 0.05) is 20.1 Å². The van der Waals surface area contributed by atoms with Gasteiger partial charge < -0.3 is 11.1 Å². The molecule has 160 valence electrons. The summed E-state index contributed by atoms with van der Waals surface area (Å²) < 4.78 is 2.13. The molecule has 1 aliphatic rings. The number of aromatic nitrogens is 2. The van der Waals surface area contributed by atoms with E-state index >= 15 is 0 Å². The SMILES string of the molecule is CC(C)C1C(=O)NCCN1CC(=O)c1c(N)n(Cc2ccccc2)c(=O)n(C)c1=O. The Morgan fingerprint density at radius 1 is 1.20 bits per heavy atom. The third kappa shape index (κ3) is 4.06. The van der Waals surface area contributed by atoms with Crippen LogP contribution in [-0.2, 0) is 18.4 Å². The van der Waals surface area contributed by atoms with Gasteiger partial charge in [0.05, 0.1) is 19.1 Å². The van der Waals surface area contributed by atoms with Crippen LogP contribution in [0.4, 0.5) is 5.82 Å². The first-order valence-electron chi connectivity index (χ1n) is 9.90. The summed E-state index contributed by atoms with van der Waals surface area (Å²) in [6.07, 6.45) is 0. The predicted octanol–water partition coefficient (Wildman–Crippen LogP) is -0.183. The van der Waals surface area contributed by atoms with Crippen molar-refractivity contribution in [2.75, 3.05) is 25.4 Å². The number of carbonyl (C=O) groups is 2. The van der Waals surface area contributed by atoms with Crippen LogP contribution in [0.25, 0.3) is 0 Å². The summed E-state index contributed by atoms with van der Waals surface area (Å²) in [5.41, 5.74) is 5.44. The van der Waals surface area contributed by atoms with Crippen LogP contribution in [0.1, 0.15) is 29.8 Å². The third-order valence-electron chi connectivity index (χ3n) is 5.38. The average molecular weight is 413 g/mol. The van der Waals surface area contributed by atoms with Crippen molar-refractivity contribution in [3.05, 3.63) is 62.3 Å². The van der Waals surface area contributed by atoms with Gasteiger partial charge in [-0.05, 0) is 11.5 Å². The fraction of sp³-hybridized carbons (Fsp3) is 0.429. The van der Waals surface area contributed by atoms with Crippen LogP contribution in [-0.4, -0.2) is 51.4 Å². The molecule has 0 spiro atoms. The predicted molar refractivity (Wildman–Crippen MR) is 113 cm³/mol. The molecule has 1 aromatic carbocycles. The minimum Gasteiger partial charge on any atom is -0.384 e. The summed E-state index contributed by atoms with van der Waals surface area (Å²) in [7, 11) is 1.33. The van der Waals surface area contributed by atoms with E-state index in [-0.39, 0.29) is 36.3 Å². The first-order chi connectivity index (χ1) is 14.2. The number of carbonyl (C=O) groups excluding carboxylic acids is 2. The highest BCUT2D eigenvalue weighted by atomic mass is 16.2. The number of nitrogens with one attached hydrogen (secondary N) is 1. The van der Waals surface area contributed by atoms with Gasteiger partial charge in [0.1, 0.15) is 11.4 Å². The molecule has 3 N–H and O–H groups in total. The summed E-state index contributed by atoms with van der Waals surface area (Å²) in [6.45, 7) is 4.74. The molecule has 1 aromatic heterocycles. The van der Waals surface area contributed by atoms with Crippen molar-refractivity contribution in [3.8, 4) is 0 Å². The number of anilines is 1. The van der Waals surface area contributed by atoms with Crippen molar-refractivity contribution >= 4 is 17.5 Å². The number of benzene rings is 1. The zero-order valence-electron chi connectivity index (χ0n) is 17.4. The highest BCUT2D eigenvalue weighted by Gasteiger charge is 2.34. The van der Waals surface area contributed by atoms with Crippen LogP contribution in [0.5, 0.6) is 0 Å². The van der Waals surface area contributed by atoms with Crippen molar-refractivity contribution in [1.82, 2.24) is 19.4 Å². The first kappa shape index (κ1) is 21.5. The number of amides is 1. The molecular weight excluding hydrogens is 386 g/mol. The summed E-state index contributed by atoms with van der Waals surface area (Å²) in [4.78, 5) is 52.5. The van der Waals surface area contributed by atoms with Gasteiger partial charge in [-0.2, -0.15) is 0 Å². The zero-order valence-corrected chi connectivity index (χ0v) is 17.4. The number of nitrogens with two attached hydrogens (primary N) is 1. The molecule has 0 saturated carbocycles. The van der Waals surface area contributed by atoms with Crippen molar-refractivity contribution < 1.29 is 9.59 Å². The van der Waals surface area contributed by atoms with Crippen molar-refractivity contribution in [2.45, 2.75) is 26.4 Å². The van der Waals surface area contributed by atoms with Gasteiger partial charge in [-0.1, -0.05) is 44.2 Å². The lowest BCUT2D eigenvalue weighted by Gasteiger charge is -2.36. The lowest BCUT2D eigenvalue weighted by Crippen LogP contribution is -2.58. The Morgan fingerprint density at radius 2 is 1.87 bits per heavy atom. The van der Waals surface area contributed by atoms with Crippen LogP contribution in [0.3, 0.4) is 0 Å². The number of rotatable bonds is 6. The molecular formula is C21H27N5O4. The summed E-state index contributed by atoms with van der Waals surface area (Å²) in [5.74, 6) is -0.806. The molecule has 9 heteroatoms. The second-order valence-corrected chi connectivity index (χ2v) is 7.85. The average Bonchev–Trinajstić information content (AvgIpc) is 2.70. The monoisotopic (exact) mass is 413 g/mol. The van der Waals surface area contributed by atoms with Gasteiger partial charge in [0.15, 0.2) is 5.78 Å². The Kier molecular flexibility index (Phi) is 6.21. The summed E-state index contributed by atoms with van der Waals surface area (Å²) in [6, 6.07) is 8.71. The second-order valence-electron chi connectivity index (χ2n) is 7.85. The van der Waals surface area contributed by atoms with Gasteiger partial charge in [-0.3, -0.25) is 28.4 Å². The maximum Gasteiger partial charge on any atom is 0.332 e. The number of hydrogen-bond acceptors (Lipinski definition) is 6. The molecule has 0 aliphatic carbocycles. The molecule has 3 rings (SSSR count). The van der Waals surface area contributed by atoms with Crippen LogP contribution >= 0.6 is 0 Å². The number of hydrogen-bond donors (Lipinski definition) is 2. The Labute approximate surface area is 174 Å². The molecule has 30 heavy (non-hydrogen) atoms. The maximum atomic E-state index is 13.1. The summed E-state index contributed by atoms with van der Waals surface area (Å²) in [5, 5.41) is 2.80. The minimum absolute atomic E-state index is 0.00897. The zero-order chi connectivity index (χ0) is 22.0. The van der Waals surface area contributed by atoms with E-state index in [2.05, 4.69) is 5.32 Å². The van der Waals surface area contributed by atoms with E-state index in [0.717, 1.165) is 10.1 Å². The summed E-state index contributed by atoms with van der Waals surface area (Å²) >= 11 is 0. The van der Waals surface area contributed by atoms with Crippen molar-refractivity contribution in [2.24, 2.45) is 13.0 Å². The number of Topliss-reactive ketones (excluding diaryl/α,β-unsaturated/α-hetero) is 1. The van der Waals surface area contributed by atoms with Gasteiger partial charge in [-0.25, -0.2) is 4.79 Å². The van der Waals surface area contributed by atoms with Crippen LogP contribution < -0.4 is 22.3 Å². The van der Waals surface area contributed by atoms with E-state index in [1.807, 2.05) is 44.2 Å². The van der Waals surface area contributed by atoms with E-state index in [9.17, 15) is 19.2 Å². The quantitative estimate of drug-likeness (QED) is 0.634. The number of ketones is 1. The normalized spacial score (nSPS) is 17.2. The largest absolute Gasteiger partial charge is 0.384 e. The molecule has 2 heterocycles. The Hall–Kier alpha value is -3.20. The van der Waals surface area contributed by atoms with Gasteiger partial charge in [0.25, 0.3) is 5.56 Å². The first-order valence-corrected chi connectivity index (χ1v) is 9.90. The number of nitrogens with zero attached hydrogens (tertiary/aromatic N) is 3. The molecule has 9 nitrogen and oxygen atoms in total. The Morgan fingerprint density at radius 3 is 2.50 bits per heavy atom. The topological polar surface area (TPSA) is 119 Å². The van der Waals surface area contributed by atoms with Crippen LogP contribution in [0.15, 0.2) is 39.9 Å². The maximum absolute atomic E-state index is 13.1. The lowest BCUT2D eigenvalue weighted by molar-refractivity contribution is -0.130. The lowest BCUT2D eigenvalue weighted by atomic mass is 9.99. The van der Waals surface area contributed by atoms with Crippen molar-refractivity contribution in [3.63, 3.8) is 0 Å². The molecule has 0 bridgehead atoms. The number of nitrogen functional groups attached to an aromatic ring is 1. The smallest absolute Gasteiger partial charge is 0.332 e. The van der Waals surface area contributed by atoms with E-state index in [0.29, 0.717) is 13.1 Å². The molecule has 1 fully saturated rings. The van der Waals surface area contributed by atoms with E-state index in [1.165, 1.54) is 11.6 Å². The Bertz CT molecular complexity index is 1070. The van der Waals surface area contributed by atoms with Gasteiger partial charge in [-0.15, -0.1) is 0 Å². The number of piperazine rings is 1. The van der Waals surface area contributed by atoms with Crippen LogP contribution in [0.2, 0.25) is 0 Å². The highest BCUT2D eigenvalue weighted by Crippen LogP contribution is 2.16. The van der Waals surface area contributed by atoms with Gasteiger partial charge >= 0.3 is 5.69 Å². The molecule has 1 aliphatic heterocycles. The minimum atomic E-state index is -0.727. The van der Waals surface area contributed by atoms with Gasteiger partial charge in [0.2, 0.25) is 5.91 Å². The molecule has 0 radical (unpaired) electrons. The second kappa shape index (κ2) is 8.66. The van der Waals surface area contributed by atoms with Crippen LogP contribution in [0, 0.1) is 5.92 Å². The molecule has 1 atom stereocenters. The van der Waals surface area contributed by atoms with E-state index < -0.39 is 23.1 Å². The fourth-order valence-corrected chi connectivity index (χ4v) is 3.86. The highest BCUT2D eigenvalue weighted by molar-refractivity contribution is 6.01. The molecule has 1 amide bonds. The molecule has 1 unspecified atom stereocenters. The van der Waals surface area contributed by atoms with Crippen molar-refractivity contribution in [1.29, 1.82) is 0 Å². The standard InChI is InChI=1S/C21H27N5O4/c1-13(2)17-19(28)23-9-10-25(17)12-15(27)16-18(22)26(21(30)24(3)20(16)29)11-14-7-5-4-6-8-14/h4-8,13,17H,9-12,22H2,1-3H3,(H,23,28). The molecule has 1 saturated heterocycles. The van der Waals surface area contributed by atoms with E-state index in [4.69, 9.17) is 5.73 Å².